The molecule has 2 aromatic rings. The van der Waals surface area contributed by atoms with Crippen LogP contribution in [0.4, 0.5) is 0 Å². The summed E-state index contributed by atoms with van der Waals surface area (Å²) in [5, 5.41) is 2.42. The summed E-state index contributed by atoms with van der Waals surface area (Å²) < 4.78 is 1.09. The van der Waals surface area contributed by atoms with Gasteiger partial charge in [0.2, 0.25) is 0 Å². The molecule has 0 spiro atoms. The Kier molecular flexibility index (Phi) is 2.32. The molecule has 0 aromatic heterocycles. The van der Waals surface area contributed by atoms with E-state index in [1.165, 1.54) is 16.3 Å². The zero-order valence-corrected chi connectivity index (χ0v) is 10.3. The number of halogens is 1. The summed E-state index contributed by atoms with van der Waals surface area (Å²) in [6, 6.07) is 12.5. The number of carbonyl (C=O) groups excluding carboxylic acids is 1. The average molecular weight is 275 g/mol. The van der Waals surface area contributed by atoms with E-state index in [0.29, 0.717) is 5.78 Å². The Morgan fingerprint density at radius 1 is 1.06 bits per heavy atom. The highest BCUT2D eigenvalue weighted by Crippen LogP contribution is 2.34. The standard InChI is InChI=1S/C14H11BrO/c15-12-4-3-9-7-11(2-1-10(9)8-12)13-5-6-14(13)16/h1-4,7-8,13H,5-6H2. The molecule has 1 unspecified atom stereocenters. The van der Waals surface area contributed by atoms with Crippen LogP contribution in [0.15, 0.2) is 40.9 Å². The molecule has 2 aromatic carbocycles. The summed E-state index contributed by atoms with van der Waals surface area (Å²) in [5.74, 6) is 0.546. The van der Waals surface area contributed by atoms with Crippen molar-refractivity contribution in [3.63, 3.8) is 0 Å². The second kappa shape index (κ2) is 3.70. The second-order valence-corrected chi connectivity index (χ2v) is 5.22. The molecule has 1 aliphatic rings. The van der Waals surface area contributed by atoms with Gasteiger partial charge in [-0.15, -0.1) is 0 Å². The molecule has 1 saturated carbocycles. The third kappa shape index (κ3) is 1.57. The van der Waals surface area contributed by atoms with Crippen LogP contribution in [0, 0.1) is 0 Å². The van der Waals surface area contributed by atoms with Crippen LogP contribution in [0.1, 0.15) is 24.3 Å². The quantitative estimate of drug-likeness (QED) is 0.767. The van der Waals surface area contributed by atoms with E-state index < -0.39 is 0 Å². The van der Waals surface area contributed by atoms with Crippen molar-refractivity contribution in [2.45, 2.75) is 18.8 Å². The van der Waals surface area contributed by atoms with E-state index in [1.54, 1.807) is 0 Å². The molecule has 0 amide bonds. The van der Waals surface area contributed by atoms with Gasteiger partial charge in [0.15, 0.2) is 0 Å². The number of hydrogen-bond acceptors (Lipinski definition) is 1. The largest absolute Gasteiger partial charge is 0.299 e. The van der Waals surface area contributed by atoms with Crippen molar-refractivity contribution in [1.29, 1.82) is 0 Å². The Morgan fingerprint density at radius 3 is 2.50 bits per heavy atom. The summed E-state index contributed by atoms with van der Waals surface area (Å²) in [4.78, 5) is 11.4. The fourth-order valence-electron chi connectivity index (χ4n) is 2.21. The van der Waals surface area contributed by atoms with Crippen LogP contribution in [0.25, 0.3) is 10.8 Å². The lowest BCUT2D eigenvalue weighted by Gasteiger charge is -2.24. The smallest absolute Gasteiger partial charge is 0.140 e. The minimum Gasteiger partial charge on any atom is -0.299 e. The Labute approximate surface area is 103 Å². The lowest BCUT2D eigenvalue weighted by molar-refractivity contribution is -0.125. The number of hydrogen-bond donors (Lipinski definition) is 0. The van der Waals surface area contributed by atoms with Crippen LogP contribution >= 0.6 is 15.9 Å². The first kappa shape index (κ1) is 10.0. The molecule has 0 heterocycles. The number of carbonyl (C=O) groups is 1. The van der Waals surface area contributed by atoms with Crippen LogP contribution in [0.2, 0.25) is 0 Å². The molecule has 16 heavy (non-hydrogen) atoms. The van der Waals surface area contributed by atoms with Crippen LogP contribution in [0.3, 0.4) is 0 Å². The molecule has 0 saturated heterocycles. The molecule has 1 nitrogen and oxygen atoms in total. The first-order chi connectivity index (χ1) is 7.74. The van der Waals surface area contributed by atoms with Gasteiger partial charge in [-0.2, -0.15) is 0 Å². The normalized spacial score (nSPS) is 19.8. The molecule has 1 fully saturated rings. The van der Waals surface area contributed by atoms with E-state index >= 15 is 0 Å². The number of ketones is 1. The average Bonchev–Trinajstić information content (AvgIpc) is 2.27. The summed E-state index contributed by atoms with van der Waals surface area (Å²) in [7, 11) is 0. The number of fused-ring (bicyclic) bond motifs is 1. The van der Waals surface area contributed by atoms with Crippen LogP contribution in [0.5, 0.6) is 0 Å². The molecule has 1 atom stereocenters. The van der Waals surface area contributed by atoms with Gasteiger partial charge in [-0.1, -0.05) is 40.2 Å². The van der Waals surface area contributed by atoms with E-state index in [9.17, 15) is 4.79 Å². The van der Waals surface area contributed by atoms with Crippen LogP contribution in [-0.4, -0.2) is 5.78 Å². The van der Waals surface area contributed by atoms with Gasteiger partial charge in [0.1, 0.15) is 5.78 Å². The second-order valence-electron chi connectivity index (χ2n) is 4.31. The zero-order valence-electron chi connectivity index (χ0n) is 8.74. The maximum absolute atomic E-state index is 11.4. The van der Waals surface area contributed by atoms with Gasteiger partial charge >= 0.3 is 0 Å². The number of benzene rings is 2. The zero-order chi connectivity index (χ0) is 11.1. The van der Waals surface area contributed by atoms with Crippen molar-refractivity contribution in [3.05, 3.63) is 46.4 Å². The summed E-state index contributed by atoms with van der Waals surface area (Å²) >= 11 is 3.46. The summed E-state index contributed by atoms with van der Waals surface area (Å²) in [6.45, 7) is 0. The highest BCUT2D eigenvalue weighted by atomic mass is 79.9. The molecular formula is C14H11BrO. The molecule has 0 N–H and O–H groups in total. The van der Waals surface area contributed by atoms with Gasteiger partial charge in [0.25, 0.3) is 0 Å². The Balaban J connectivity index is 2.09. The fraction of sp³-hybridized carbons (Fsp3) is 0.214. The van der Waals surface area contributed by atoms with E-state index in [0.717, 1.165) is 17.3 Å². The van der Waals surface area contributed by atoms with Gasteiger partial charge in [-0.3, -0.25) is 4.79 Å². The molecule has 2 heteroatoms. The Bertz CT molecular complexity index is 574. The minimum absolute atomic E-state index is 0.160. The van der Waals surface area contributed by atoms with Gasteiger partial charge in [-0.05, 0) is 34.9 Å². The van der Waals surface area contributed by atoms with Crippen LogP contribution in [-0.2, 0) is 4.79 Å². The monoisotopic (exact) mass is 274 g/mol. The maximum Gasteiger partial charge on any atom is 0.140 e. The highest BCUT2D eigenvalue weighted by Gasteiger charge is 2.29. The highest BCUT2D eigenvalue weighted by molar-refractivity contribution is 9.10. The molecule has 3 rings (SSSR count). The lowest BCUT2D eigenvalue weighted by atomic mass is 9.78. The fourth-order valence-corrected chi connectivity index (χ4v) is 2.59. The first-order valence-electron chi connectivity index (χ1n) is 5.46. The summed E-state index contributed by atoms with van der Waals surface area (Å²) in [5.41, 5.74) is 1.17. The van der Waals surface area contributed by atoms with Crippen molar-refractivity contribution in [1.82, 2.24) is 0 Å². The SMILES string of the molecule is O=C1CCC1c1ccc2cc(Br)ccc2c1. The topological polar surface area (TPSA) is 17.1 Å². The van der Waals surface area contributed by atoms with Crippen molar-refractivity contribution in [2.75, 3.05) is 0 Å². The van der Waals surface area contributed by atoms with Crippen molar-refractivity contribution in [2.24, 2.45) is 0 Å². The summed E-state index contributed by atoms with van der Waals surface area (Å²) in [6.07, 6.45) is 1.77. The third-order valence-corrected chi connectivity index (χ3v) is 3.79. The molecule has 0 radical (unpaired) electrons. The van der Waals surface area contributed by atoms with Crippen molar-refractivity contribution >= 4 is 32.5 Å². The van der Waals surface area contributed by atoms with Crippen molar-refractivity contribution < 1.29 is 4.79 Å². The van der Waals surface area contributed by atoms with E-state index in [-0.39, 0.29) is 5.92 Å². The van der Waals surface area contributed by atoms with Gasteiger partial charge in [0.05, 0.1) is 0 Å². The molecule has 0 aliphatic heterocycles. The van der Waals surface area contributed by atoms with Gasteiger partial charge < -0.3 is 0 Å². The van der Waals surface area contributed by atoms with Crippen LogP contribution < -0.4 is 0 Å². The Hall–Kier alpha value is -1.15. The predicted molar refractivity (Wildman–Crippen MR) is 68.6 cm³/mol. The first-order valence-corrected chi connectivity index (χ1v) is 6.25. The minimum atomic E-state index is 0.160. The molecule has 0 bridgehead atoms. The molecule has 80 valence electrons. The molecular weight excluding hydrogens is 264 g/mol. The van der Waals surface area contributed by atoms with E-state index in [4.69, 9.17) is 0 Å². The lowest BCUT2D eigenvalue weighted by Crippen LogP contribution is -2.22. The van der Waals surface area contributed by atoms with Crippen molar-refractivity contribution in [3.8, 4) is 0 Å². The maximum atomic E-state index is 11.4. The van der Waals surface area contributed by atoms with Gasteiger partial charge in [-0.25, -0.2) is 0 Å². The van der Waals surface area contributed by atoms with Gasteiger partial charge in [0, 0.05) is 16.8 Å². The third-order valence-electron chi connectivity index (χ3n) is 3.30. The van der Waals surface area contributed by atoms with E-state index in [1.807, 2.05) is 6.07 Å². The Morgan fingerprint density at radius 2 is 1.81 bits per heavy atom. The predicted octanol–water partition coefficient (Wildman–Crippen LogP) is 4.05. The number of Topliss-reactive ketones (excluding diaryl/α,β-unsaturated/α-hetero) is 1. The number of rotatable bonds is 1. The molecule has 1 aliphatic carbocycles. The van der Waals surface area contributed by atoms with E-state index in [2.05, 4.69) is 46.3 Å².